The molecule has 0 bridgehead atoms. The number of nitrogens with one attached hydrogen (secondary N) is 1. The van der Waals surface area contributed by atoms with Crippen LogP contribution in [0.1, 0.15) is 30.7 Å². The number of nitrogens with zero attached hydrogens (tertiary/aromatic N) is 1. The lowest BCUT2D eigenvalue weighted by atomic mass is 10.0. The molecule has 0 fully saturated rings. The number of aryl methyl sites for hydroxylation is 1. The van der Waals surface area contributed by atoms with Crippen LogP contribution in [0.25, 0.3) is 0 Å². The molecule has 2 N–H and O–H groups in total. The Kier molecular flexibility index (Phi) is 5.56. The summed E-state index contributed by atoms with van der Waals surface area (Å²) in [6.07, 6.45) is -2.36. The Labute approximate surface area is 125 Å². The summed E-state index contributed by atoms with van der Waals surface area (Å²) in [5.74, 6) is -3.12. The molecule has 0 saturated carbocycles. The number of nitro groups is 1. The van der Waals surface area contributed by atoms with E-state index in [0.717, 1.165) is 6.92 Å². The van der Waals surface area contributed by atoms with Crippen molar-refractivity contribution in [3.63, 3.8) is 0 Å². The van der Waals surface area contributed by atoms with Crippen molar-refractivity contribution in [3.05, 3.63) is 39.4 Å². The lowest BCUT2D eigenvalue weighted by Gasteiger charge is -2.20. The standard InChI is InChI=1S/C13H14N2O7/c1-7-4-3-5-9(15(20)21)12(7)13(14-8(2)16)22-11(19)6-10(17)18/h3-5,13H,6H2,1-2H3,(H,14,16)(H,17,18). The molecule has 0 spiro atoms. The number of carbonyl (C=O) groups excluding carboxylic acids is 2. The number of amides is 1. The summed E-state index contributed by atoms with van der Waals surface area (Å²) in [6, 6.07) is 4.19. The molecule has 1 unspecified atom stereocenters. The van der Waals surface area contributed by atoms with E-state index in [9.17, 15) is 24.5 Å². The van der Waals surface area contributed by atoms with Crippen LogP contribution in [0.3, 0.4) is 0 Å². The van der Waals surface area contributed by atoms with Gasteiger partial charge in [0.1, 0.15) is 6.42 Å². The molecule has 1 amide bonds. The molecule has 0 heterocycles. The van der Waals surface area contributed by atoms with E-state index in [2.05, 4.69) is 5.32 Å². The van der Waals surface area contributed by atoms with Crippen molar-refractivity contribution in [2.45, 2.75) is 26.5 Å². The van der Waals surface area contributed by atoms with Gasteiger partial charge in [-0.3, -0.25) is 24.5 Å². The highest BCUT2D eigenvalue weighted by molar-refractivity contribution is 5.90. The van der Waals surface area contributed by atoms with Crippen molar-refractivity contribution < 1.29 is 29.2 Å². The fourth-order valence-electron chi connectivity index (χ4n) is 1.81. The smallest absolute Gasteiger partial charge is 0.319 e. The number of carboxylic acid groups (broad SMARTS) is 1. The van der Waals surface area contributed by atoms with Crippen LogP contribution in [0.2, 0.25) is 0 Å². The van der Waals surface area contributed by atoms with Gasteiger partial charge >= 0.3 is 11.9 Å². The quantitative estimate of drug-likeness (QED) is 0.263. The van der Waals surface area contributed by atoms with Gasteiger partial charge in [-0.25, -0.2) is 0 Å². The topological polar surface area (TPSA) is 136 Å². The lowest BCUT2D eigenvalue weighted by molar-refractivity contribution is -0.386. The number of benzene rings is 1. The summed E-state index contributed by atoms with van der Waals surface area (Å²) < 4.78 is 4.87. The average Bonchev–Trinajstić information content (AvgIpc) is 2.35. The maximum atomic E-state index is 11.5. The third-order valence-electron chi connectivity index (χ3n) is 2.64. The molecule has 22 heavy (non-hydrogen) atoms. The molecule has 0 saturated heterocycles. The summed E-state index contributed by atoms with van der Waals surface area (Å²) in [6.45, 7) is 2.68. The molecule has 1 aromatic rings. The second-order valence-electron chi connectivity index (χ2n) is 4.41. The molecular weight excluding hydrogens is 296 g/mol. The highest BCUT2D eigenvalue weighted by atomic mass is 16.6. The minimum Gasteiger partial charge on any atom is -0.481 e. The van der Waals surface area contributed by atoms with E-state index in [1.54, 1.807) is 13.0 Å². The Bertz CT molecular complexity index is 627. The zero-order valence-corrected chi connectivity index (χ0v) is 11.9. The first-order valence-electron chi connectivity index (χ1n) is 6.14. The van der Waals surface area contributed by atoms with Gasteiger partial charge in [0.2, 0.25) is 12.1 Å². The molecule has 9 nitrogen and oxygen atoms in total. The van der Waals surface area contributed by atoms with Crippen molar-refractivity contribution >= 4 is 23.5 Å². The zero-order chi connectivity index (χ0) is 16.9. The van der Waals surface area contributed by atoms with Gasteiger partial charge < -0.3 is 15.2 Å². The largest absolute Gasteiger partial charge is 0.481 e. The van der Waals surface area contributed by atoms with Gasteiger partial charge in [-0.15, -0.1) is 0 Å². The number of hydrogen-bond acceptors (Lipinski definition) is 6. The maximum Gasteiger partial charge on any atom is 0.319 e. The van der Waals surface area contributed by atoms with Crippen LogP contribution in [0.15, 0.2) is 18.2 Å². The van der Waals surface area contributed by atoms with Crippen LogP contribution in [-0.2, 0) is 19.1 Å². The predicted molar refractivity (Wildman–Crippen MR) is 72.7 cm³/mol. The number of ether oxygens (including phenoxy) is 1. The molecule has 0 aliphatic rings. The van der Waals surface area contributed by atoms with Gasteiger partial charge in [0.15, 0.2) is 0 Å². The summed E-state index contributed by atoms with van der Waals surface area (Å²) in [5.41, 5.74) is 0.0550. The van der Waals surface area contributed by atoms with E-state index in [1.807, 2.05) is 0 Å². The molecule has 0 aliphatic heterocycles. The Balaban J connectivity index is 3.22. The van der Waals surface area contributed by atoms with Crippen LogP contribution in [0.5, 0.6) is 0 Å². The Morgan fingerprint density at radius 1 is 1.41 bits per heavy atom. The van der Waals surface area contributed by atoms with Crippen molar-refractivity contribution in [1.29, 1.82) is 0 Å². The van der Waals surface area contributed by atoms with E-state index >= 15 is 0 Å². The number of carbonyl (C=O) groups is 3. The SMILES string of the molecule is CC(=O)NC(OC(=O)CC(=O)O)c1c(C)cccc1[N+](=O)[O-]. The Hall–Kier alpha value is -2.97. The number of nitro benzene ring substituents is 1. The van der Waals surface area contributed by atoms with Gasteiger partial charge in [0.25, 0.3) is 5.69 Å². The number of esters is 1. The summed E-state index contributed by atoms with van der Waals surface area (Å²) in [4.78, 5) is 43.6. The highest BCUT2D eigenvalue weighted by Gasteiger charge is 2.28. The Morgan fingerprint density at radius 2 is 2.05 bits per heavy atom. The van der Waals surface area contributed by atoms with Gasteiger partial charge in [-0.2, -0.15) is 0 Å². The summed E-state index contributed by atoms with van der Waals surface area (Å²) in [7, 11) is 0. The van der Waals surface area contributed by atoms with Crippen LogP contribution in [0.4, 0.5) is 5.69 Å². The van der Waals surface area contributed by atoms with Crippen molar-refractivity contribution in [3.8, 4) is 0 Å². The van der Waals surface area contributed by atoms with Crippen molar-refractivity contribution in [2.24, 2.45) is 0 Å². The molecule has 0 aliphatic carbocycles. The van der Waals surface area contributed by atoms with Gasteiger partial charge in [-0.05, 0) is 12.5 Å². The number of rotatable bonds is 6. The molecule has 1 aromatic carbocycles. The fraction of sp³-hybridized carbons (Fsp3) is 0.308. The number of aliphatic carboxylic acids is 1. The van der Waals surface area contributed by atoms with E-state index in [0.29, 0.717) is 5.56 Å². The summed E-state index contributed by atoms with van der Waals surface area (Å²) in [5, 5.41) is 21.9. The normalized spacial score (nSPS) is 11.4. The molecule has 1 rings (SSSR count). The maximum absolute atomic E-state index is 11.5. The van der Waals surface area contributed by atoms with Crippen LogP contribution in [-0.4, -0.2) is 27.9 Å². The number of hydrogen-bond donors (Lipinski definition) is 2. The van der Waals surface area contributed by atoms with E-state index in [4.69, 9.17) is 9.84 Å². The molecule has 118 valence electrons. The molecule has 0 radical (unpaired) electrons. The monoisotopic (exact) mass is 310 g/mol. The first kappa shape index (κ1) is 17.1. The van der Waals surface area contributed by atoms with Gasteiger partial charge in [0.05, 0.1) is 10.5 Å². The second-order valence-corrected chi connectivity index (χ2v) is 4.41. The average molecular weight is 310 g/mol. The Morgan fingerprint density at radius 3 is 2.55 bits per heavy atom. The first-order valence-corrected chi connectivity index (χ1v) is 6.14. The molecule has 1 atom stereocenters. The molecule has 0 aromatic heterocycles. The lowest BCUT2D eigenvalue weighted by Crippen LogP contribution is -2.31. The third kappa shape index (κ3) is 4.54. The van der Waals surface area contributed by atoms with Crippen LogP contribution in [0, 0.1) is 17.0 Å². The zero-order valence-electron chi connectivity index (χ0n) is 11.9. The summed E-state index contributed by atoms with van der Waals surface area (Å²) >= 11 is 0. The van der Waals surface area contributed by atoms with Crippen molar-refractivity contribution in [2.75, 3.05) is 0 Å². The van der Waals surface area contributed by atoms with Gasteiger partial charge in [-0.1, -0.05) is 12.1 Å². The van der Waals surface area contributed by atoms with Crippen molar-refractivity contribution in [1.82, 2.24) is 5.32 Å². The van der Waals surface area contributed by atoms with E-state index in [1.165, 1.54) is 12.1 Å². The third-order valence-corrected chi connectivity index (χ3v) is 2.64. The number of carboxylic acids is 1. The first-order chi connectivity index (χ1) is 10.2. The molecular formula is C13H14N2O7. The van der Waals surface area contributed by atoms with Gasteiger partial charge in [0, 0.05) is 13.0 Å². The predicted octanol–water partition coefficient (Wildman–Crippen LogP) is 1.06. The minimum atomic E-state index is -1.44. The van der Waals surface area contributed by atoms with Crippen LogP contribution >= 0.6 is 0 Å². The second kappa shape index (κ2) is 7.16. The van der Waals surface area contributed by atoms with E-state index in [-0.39, 0.29) is 11.3 Å². The van der Waals surface area contributed by atoms with E-state index < -0.39 is 35.4 Å². The minimum absolute atomic E-state index is 0.0126. The van der Waals surface area contributed by atoms with Crippen LogP contribution < -0.4 is 5.32 Å². The molecule has 9 heteroatoms. The fourth-order valence-corrected chi connectivity index (χ4v) is 1.81. The highest BCUT2D eigenvalue weighted by Crippen LogP contribution is 2.29.